The van der Waals surface area contributed by atoms with Crippen LogP contribution in [-0.2, 0) is 13.0 Å². The Morgan fingerprint density at radius 3 is 2.95 bits per heavy atom. The van der Waals surface area contributed by atoms with Crippen molar-refractivity contribution in [2.24, 2.45) is 0 Å². The summed E-state index contributed by atoms with van der Waals surface area (Å²) in [6.07, 6.45) is 1.02. The molecule has 2 aliphatic heterocycles. The second kappa shape index (κ2) is 5.92. The van der Waals surface area contributed by atoms with Crippen molar-refractivity contribution in [3.05, 3.63) is 29.3 Å². The van der Waals surface area contributed by atoms with E-state index in [1.165, 1.54) is 11.1 Å². The lowest BCUT2D eigenvalue weighted by Gasteiger charge is -2.31. The van der Waals surface area contributed by atoms with Gasteiger partial charge >= 0.3 is 0 Å². The maximum Gasteiger partial charge on any atom is 0.123 e. The quantitative estimate of drug-likeness (QED) is 0.908. The van der Waals surface area contributed by atoms with Gasteiger partial charge in [-0.2, -0.15) is 0 Å². The zero-order valence-corrected chi connectivity index (χ0v) is 13.4. The molecule has 0 unspecified atom stereocenters. The van der Waals surface area contributed by atoms with E-state index >= 15 is 0 Å². The predicted octanol–water partition coefficient (Wildman–Crippen LogP) is 2.62. The van der Waals surface area contributed by atoms with Crippen molar-refractivity contribution in [2.75, 3.05) is 19.6 Å². The SMILES string of the molecule is C[C@H]1CN(Cc2ccc3c(c2)CC(C)(C)O3)CCN1.Cl. The van der Waals surface area contributed by atoms with E-state index < -0.39 is 0 Å². The van der Waals surface area contributed by atoms with Crippen LogP contribution in [0.2, 0.25) is 0 Å². The van der Waals surface area contributed by atoms with Gasteiger partial charge in [-0.25, -0.2) is 0 Å². The molecule has 20 heavy (non-hydrogen) atoms. The van der Waals surface area contributed by atoms with E-state index in [0.717, 1.165) is 38.3 Å². The molecule has 4 heteroatoms. The van der Waals surface area contributed by atoms with Gasteiger partial charge in [0.05, 0.1) is 0 Å². The molecular formula is C16H25ClN2O. The van der Waals surface area contributed by atoms with Crippen LogP contribution in [0.25, 0.3) is 0 Å². The number of piperazine rings is 1. The van der Waals surface area contributed by atoms with Crippen molar-refractivity contribution in [1.82, 2.24) is 10.2 Å². The molecule has 0 bridgehead atoms. The topological polar surface area (TPSA) is 24.5 Å². The second-order valence-electron chi connectivity index (χ2n) is 6.57. The molecule has 1 N–H and O–H groups in total. The van der Waals surface area contributed by atoms with Gasteiger partial charge < -0.3 is 10.1 Å². The Morgan fingerprint density at radius 1 is 1.40 bits per heavy atom. The second-order valence-corrected chi connectivity index (χ2v) is 6.57. The van der Waals surface area contributed by atoms with Crippen LogP contribution >= 0.6 is 12.4 Å². The number of nitrogens with zero attached hydrogens (tertiary/aromatic N) is 1. The van der Waals surface area contributed by atoms with E-state index in [0.29, 0.717) is 6.04 Å². The largest absolute Gasteiger partial charge is 0.487 e. The Kier molecular flexibility index (Phi) is 4.62. The Balaban J connectivity index is 0.00000147. The van der Waals surface area contributed by atoms with Crippen LogP contribution in [0.4, 0.5) is 0 Å². The molecule has 0 saturated carbocycles. The molecule has 2 heterocycles. The van der Waals surface area contributed by atoms with Gasteiger partial charge in [-0.1, -0.05) is 12.1 Å². The molecule has 2 aliphatic rings. The first-order valence-electron chi connectivity index (χ1n) is 7.28. The van der Waals surface area contributed by atoms with Gasteiger partial charge in [-0.15, -0.1) is 12.4 Å². The number of benzene rings is 1. The van der Waals surface area contributed by atoms with Crippen molar-refractivity contribution in [3.63, 3.8) is 0 Å². The van der Waals surface area contributed by atoms with E-state index in [1.807, 2.05) is 0 Å². The summed E-state index contributed by atoms with van der Waals surface area (Å²) < 4.78 is 5.93. The molecule has 3 nitrogen and oxygen atoms in total. The van der Waals surface area contributed by atoms with E-state index in [2.05, 4.69) is 49.2 Å². The Bertz CT molecular complexity index is 476. The Morgan fingerprint density at radius 2 is 2.20 bits per heavy atom. The van der Waals surface area contributed by atoms with Crippen LogP contribution in [0.1, 0.15) is 31.9 Å². The zero-order chi connectivity index (χ0) is 13.5. The summed E-state index contributed by atoms with van der Waals surface area (Å²) in [7, 11) is 0. The third-order valence-electron chi connectivity index (χ3n) is 3.99. The molecule has 1 fully saturated rings. The van der Waals surface area contributed by atoms with Crippen molar-refractivity contribution >= 4 is 12.4 Å². The van der Waals surface area contributed by atoms with Crippen LogP contribution in [0.15, 0.2) is 18.2 Å². The number of rotatable bonds is 2. The van der Waals surface area contributed by atoms with E-state index in [9.17, 15) is 0 Å². The molecule has 1 atom stereocenters. The molecular weight excluding hydrogens is 272 g/mol. The Hall–Kier alpha value is -0.770. The molecule has 0 spiro atoms. The molecule has 3 rings (SSSR count). The molecule has 112 valence electrons. The summed E-state index contributed by atoms with van der Waals surface area (Å²) in [5, 5.41) is 3.49. The lowest BCUT2D eigenvalue weighted by molar-refractivity contribution is 0.138. The summed E-state index contributed by atoms with van der Waals surface area (Å²) in [5.74, 6) is 1.07. The molecule has 0 amide bonds. The molecule has 0 aliphatic carbocycles. The van der Waals surface area contributed by atoms with Crippen LogP contribution < -0.4 is 10.1 Å². The first-order valence-corrected chi connectivity index (χ1v) is 7.28. The van der Waals surface area contributed by atoms with Crippen LogP contribution in [0, 0.1) is 0 Å². The first kappa shape index (κ1) is 15.6. The standard InChI is InChI=1S/C16H24N2O.ClH/c1-12-10-18(7-6-17-12)11-13-4-5-15-14(8-13)9-16(2,3)19-15;/h4-5,8,12,17H,6-7,9-11H2,1-3H3;1H/t12-;/m0./s1. The zero-order valence-electron chi connectivity index (χ0n) is 12.6. The highest BCUT2D eigenvalue weighted by Crippen LogP contribution is 2.35. The average Bonchev–Trinajstić information content (AvgIpc) is 2.62. The highest BCUT2D eigenvalue weighted by molar-refractivity contribution is 5.85. The van der Waals surface area contributed by atoms with Gasteiger partial charge in [-0.05, 0) is 38.0 Å². The number of nitrogens with one attached hydrogen (secondary N) is 1. The van der Waals surface area contributed by atoms with E-state index in [-0.39, 0.29) is 18.0 Å². The highest BCUT2D eigenvalue weighted by atomic mass is 35.5. The number of fused-ring (bicyclic) bond motifs is 1. The van der Waals surface area contributed by atoms with Crippen LogP contribution in [0.3, 0.4) is 0 Å². The third-order valence-corrected chi connectivity index (χ3v) is 3.99. The van der Waals surface area contributed by atoms with Crippen molar-refractivity contribution in [3.8, 4) is 5.75 Å². The van der Waals surface area contributed by atoms with Gasteiger partial charge in [0.2, 0.25) is 0 Å². The summed E-state index contributed by atoms with van der Waals surface area (Å²) in [6, 6.07) is 7.29. The number of halogens is 1. The smallest absolute Gasteiger partial charge is 0.123 e. The molecule has 1 aromatic rings. The van der Waals surface area contributed by atoms with Crippen molar-refractivity contribution < 1.29 is 4.74 Å². The minimum absolute atomic E-state index is 0. The molecule has 1 aromatic carbocycles. The molecule has 0 aromatic heterocycles. The van der Waals surface area contributed by atoms with Crippen molar-refractivity contribution in [1.29, 1.82) is 0 Å². The highest BCUT2D eigenvalue weighted by Gasteiger charge is 2.30. The van der Waals surface area contributed by atoms with Gasteiger partial charge in [0, 0.05) is 38.6 Å². The Labute approximate surface area is 128 Å². The summed E-state index contributed by atoms with van der Waals surface area (Å²) in [6.45, 7) is 11.0. The van der Waals surface area contributed by atoms with Crippen LogP contribution in [-0.4, -0.2) is 36.2 Å². The van der Waals surface area contributed by atoms with E-state index in [1.54, 1.807) is 0 Å². The fourth-order valence-electron chi connectivity index (χ4n) is 3.18. The third kappa shape index (κ3) is 3.46. The maximum atomic E-state index is 5.93. The summed E-state index contributed by atoms with van der Waals surface area (Å²) in [4.78, 5) is 2.53. The lowest BCUT2D eigenvalue weighted by Crippen LogP contribution is -2.48. The lowest BCUT2D eigenvalue weighted by atomic mass is 10.00. The van der Waals surface area contributed by atoms with Crippen LogP contribution in [0.5, 0.6) is 5.75 Å². The minimum atomic E-state index is -0.0372. The minimum Gasteiger partial charge on any atom is -0.487 e. The fourth-order valence-corrected chi connectivity index (χ4v) is 3.18. The normalized spacial score (nSPS) is 24.6. The number of ether oxygens (including phenoxy) is 1. The van der Waals surface area contributed by atoms with E-state index in [4.69, 9.17) is 4.74 Å². The average molecular weight is 297 g/mol. The monoisotopic (exact) mass is 296 g/mol. The van der Waals surface area contributed by atoms with Gasteiger partial charge in [0.15, 0.2) is 0 Å². The maximum absolute atomic E-state index is 5.93. The molecule has 1 saturated heterocycles. The fraction of sp³-hybridized carbons (Fsp3) is 0.625. The van der Waals surface area contributed by atoms with Gasteiger partial charge in [-0.3, -0.25) is 4.90 Å². The molecule has 0 radical (unpaired) electrons. The number of hydrogen-bond acceptors (Lipinski definition) is 3. The van der Waals surface area contributed by atoms with Crippen molar-refractivity contribution in [2.45, 2.75) is 45.4 Å². The summed E-state index contributed by atoms with van der Waals surface area (Å²) >= 11 is 0. The van der Waals surface area contributed by atoms with Gasteiger partial charge in [0.1, 0.15) is 11.4 Å². The first-order chi connectivity index (χ1) is 9.02. The predicted molar refractivity (Wildman–Crippen MR) is 84.8 cm³/mol. The van der Waals surface area contributed by atoms with Gasteiger partial charge in [0.25, 0.3) is 0 Å². The summed E-state index contributed by atoms with van der Waals surface area (Å²) in [5.41, 5.74) is 2.74. The number of hydrogen-bond donors (Lipinski definition) is 1.